The van der Waals surface area contributed by atoms with Crippen LogP contribution in [0.5, 0.6) is 0 Å². The number of carboxylic acids is 1. The summed E-state index contributed by atoms with van der Waals surface area (Å²) in [6.45, 7) is 0.297. The first kappa shape index (κ1) is 13.6. The summed E-state index contributed by atoms with van der Waals surface area (Å²) in [5.74, 6) is -1.47. The van der Waals surface area contributed by atoms with Crippen LogP contribution in [0.2, 0.25) is 0 Å². The normalized spacial score (nSPS) is 11.3. The van der Waals surface area contributed by atoms with Gasteiger partial charge in [-0.15, -0.1) is 0 Å². The van der Waals surface area contributed by atoms with Gasteiger partial charge in [-0.3, -0.25) is 4.79 Å². The van der Waals surface area contributed by atoms with Gasteiger partial charge in [-0.1, -0.05) is 30.3 Å². The molecule has 2 rings (SSSR count). The molecule has 0 saturated carbocycles. The minimum absolute atomic E-state index is 0.297. The zero-order valence-corrected chi connectivity index (χ0v) is 10.8. The van der Waals surface area contributed by atoms with Crippen molar-refractivity contribution in [3.8, 4) is 6.07 Å². The molecule has 0 aliphatic carbocycles. The molecule has 20 heavy (non-hydrogen) atoms. The maximum Gasteiger partial charge on any atom is 0.312 e. The first-order valence-electron chi connectivity index (χ1n) is 6.22. The third-order valence-corrected chi connectivity index (χ3v) is 3.02. The van der Waals surface area contributed by atoms with Crippen LogP contribution >= 0.6 is 0 Å². The zero-order valence-electron chi connectivity index (χ0n) is 10.8. The molecule has 0 heterocycles. The lowest BCUT2D eigenvalue weighted by Crippen LogP contribution is -2.20. The van der Waals surface area contributed by atoms with Crippen LogP contribution in [0, 0.1) is 11.3 Å². The van der Waals surface area contributed by atoms with Crippen molar-refractivity contribution in [2.75, 3.05) is 11.9 Å². The van der Waals surface area contributed by atoms with Crippen molar-refractivity contribution >= 4 is 11.7 Å². The highest BCUT2D eigenvalue weighted by Crippen LogP contribution is 2.17. The Morgan fingerprint density at radius 2 is 1.80 bits per heavy atom. The van der Waals surface area contributed by atoms with E-state index in [1.807, 2.05) is 24.3 Å². The van der Waals surface area contributed by atoms with Crippen LogP contribution in [0.1, 0.15) is 17.0 Å². The fraction of sp³-hybridized carbons (Fsp3) is 0.125. The van der Waals surface area contributed by atoms with Gasteiger partial charge in [0, 0.05) is 12.2 Å². The van der Waals surface area contributed by atoms with E-state index in [4.69, 9.17) is 5.26 Å². The maximum absolute atomic E-state index is 11.3. The monoisotopic (exact) mass is 266 g/mol. The molecule has 4 heteroatoms. The number of nitrogens with one attached hydrogen (secondary N) is 1. The lowest BCUT2D eigenvalue weighted by atomic mass is 9.99. The molecule has 100 valence electrons. The molecule has 1 unspecified atom stereocenters. The molecule has 4 nitrogen and oxygen atoms in total. The van der Waals surface area contributed by atoms with Crippen molar-refractivity contribution in [1.82, 2.24) is 0 Å². The lowest BCUT2D eigenvalue weighted by Gasteiger charge is -2.14. The van der Waals surface area contributed by atoms with Crippen LogP contribution in [-0.2, 0) is 4.79 Å². The maximum atomic E-state index is 11.3. The molecular weight excluding hydrogens is 252 g/mol. The molecule has 0 aromatic heterocycles. The minimum Gasteiger partial charge on any atom is -0.481 e. The van der Waals surface area contributed by atoms with E-state index in [9.17, 15) is 9.90 Å². The summed E-state index contributed by atoms with van der Waals surface area (Å²) in [6, 6.07) is 18.1. The fourth-order valence-corrected chi connectivity index (χ4v) is 1.92. The van der Waals surface area contributed by atoms with Crippen molar-refractivity contribution in [2.45, 2.75) is 5.92 Å². The molecule has 0 spiro atoms. The molecule has 2 N–H and O–H groups in total. The Morgan fingerprint density at radius 1 is 1.15 bits per heavy atom. The number of nitriles is 1. The van der Waals surface area contributed by atoms with Gasteiger partial charge in [0.05, 0.1) is 17.6 Å². The second-order valence-corrected chi connectivity index (χ2v) is 4.37. The van der Waals surface area contributed by atoms with E-state index in [-0.39, 0.29) is 0 Å². The van der Waals surface area contributed by atoms with E-state index in [1.54, 1.807) is 36.4 Å². The fourth-order valence-electron chi connectivity index (χ4n) is 1.92. The van der Waals surface area contributed by atoms with Crippen molar-refractivity contribution in [3.63, 3.8) is 0 Å². The molecule has 0 amide bonds. The number of carboxylic acid groups (broad SMARTS) is 1. The Balaban J connectivity index is 2.06. The van der Waals surface area contributed by atoms with Gasteiger partial charge >= 0.3 is 5.97 Å². The van der Waals surface area contributed by atoms with Gasteiger partial charge in [0.2, 0.25) is 0 Å². The third kappa shape index (κ3) is 3.36. The molecule has 0 bridgehead atoms. The predicted octanol–water partition coefficient (Wildman–Crippen LogP) is 2.84. The van der Waals surface area contributed by atoms with Crippen LogP contribution in [-0.4, -0.2) is 17.6 Å². The summed E-state index contributed by atoms with van der Waals surface area (Å²) in [5, 5.41) is 21.1. The highest BCUT2D eigenvalue weighted by Gasteiger charge is 2.19. The van der Waals surface area contributed by atoms with Crippen molar-refractivity contribution < 1.29 is 9.90 Å². The van der Waals surface area contributed by atoms with Crippen molar-refractivity contribution in [2.24, 2.45) is 0 Å². The number of hydrogen-bond donors (Lipinski definition) is 2. The van der Waals surface area contributed by atoms with Crippen molar-refractivity contribution in [1.29, 1.82) is 5.26 Å². The molecular formula is C16H14N2O2. The number of nitrogens with zero attached hydrogens (tertiary/aromatic N) is 1. The molecule has 2 aromatic rings. The standard InChI is InChI=1S/C16H14N2O2/c17-10-12-6-8-14(9-7-12)18-11-15(16(19)20)13-4-2-1-3-5-13/h1-9,15,18H,11H2,(H,19,20). The number of anilines is 1. The van der Waals surface area contributed by atoms with Gasteiger partial charge in [-0.25, -0.2) is 0 Å². The molecule has 0 saturated heterocycles. The quantitative estimate of drug-likeness (QED) is 0.872. The summed E-state index contributed by atoms with van der Waals surface area (Å²) in [7, 11) is 0. The van der Waals surface area contributed by atoms with E-state index in [2.05, 4.69) is 5.32 Å². The Hall–Kier alpha value is -2.80. The van der Waals surface area contributed by atoms with Crippen LogP contribution in [0.25, 0.3) is 0 Å². The van der Waals surface area contributed by atoms with Crippen LogP contribution in [0.15, 0.2) is 54.6 Å². The van der Waals surface area contributed by atoms with Gasteiger partial charge in [0.1, 0.15) is 0 Å². The Bertz CT molecular complexity index is 615. The second-order valence-electron chi connectivity index (χ2n) is 4.37. The topological polar surface area (TPSA) is 73.1 Å². The van der Waals surface area contributed by atoms with Crippen LogP contribution in [0.4, 0.5) is 5.69 Å². The van der Waals surface area contributed by atoms with E-state index in [0.717, 1.165) is 11.3 Å². The number of carbonyl (C=O) groups is 1. The minimum atomic E-state index is -0.864. The first-order chi connectivity index (χ1) is 9.70. The molecule has 2 aromatic carbocycles. The third-order valence-electron chi connectivity index (χ3n) is 3.02. The van der Waals surface area contributed by atoms with Gasteiger partial charge in [0.25, 0.3) is 0 Å². The molecule has 1 atom stereocenters. The second kappa shape index (κ2) is 6.39. The summed E-state index contributed by atoms with van der Waals surface area (Å²) in [5.41, 5.74) is 2.14. The number of rotatable bonds is 5. The van der Waals surface area contributed by atoms with E-state index in [0.29, 0.717) is 12.1 Å². The Labute approximate surface area is 117 Å². The van der Waals surface area contributed by atoms with E-state index in [1.165, 1.54) is 0 Å². The molecule has 0 aliphatic heterocycles. The summed E-state index contributed by atoms with van der Waals surface area (Å²) in [4.78, 5) is 11.3. The van der Waals surface area contributed by atoms with Gasteiger partial charge in [0.15, 0.2) is 0 Å². The summed E-state index contributed by atoms with van der Waals surface area (Å²) < 4.78 is 0. The molecule has 0 aliphatic rings. The number of hydrogen-bond acceptors (Lipinski definition) is 3. The highest BCUT2D eigenvalue weighted by molar-refractivity contribution is 5.77. The van der Waals surface area contributed by atoms with Gasteiger partial charge in [-0.05, 0) is 29.8 Å². The first-order valence-corrected chi connectivity index (χ1v) is 6.22. The van der Waals surface area contributed by atoms with Crippen LogP contribution < -0.4 is 5.32 Å². The zero-order chi connectivity index (χ0) is 14.4. The van der Waals surface area contributed by atoms with Crippen molar-refractivity contribution in [3.05, 3.63) is 65.7 Å². The Morgan fingerprint density at radius 3 is 2.35 bits per heavy atom. The average Bonchev–Trinajstić information content (AvgIpc) is 2.49. The molecule has 0 radical (unpaired) electrons. The number of benzene rings is 2. The summed E-state index contributed by atoms with van der Waals surface area (Å²) in [6.07, 6.45) is 0. The van der Waals surface area contributed by atoms with Gasteiger partial charge < -0.3 is 10.4 Å². The largest absolute Gasteiger partial charge is 0.481 e. The summed E-state index contributed by atoms with van der Waals surface area (Å²) >= 11 is 0. The highest BCUT2D eigenvalue weighted by atomic mass is 16.4. The van der Waals surface area contributed by atoms with Crippen LogP contribution in [0.3, 0.4) is 0 Å². The Kier molecular flexibility index (Phi) is 4.35. The smallest absolute Gasteiger partial charge is 0.312 e. The lowest BCUT2D eigenvalue weighted by molar-refractivity contribution is -0.138. The average molecular weight is 266 g/mol. The SMILES string of the molecule is N#Cc1ccc(NCC(C(=O)O)c2ccccc2)cc1. The molecule has 0 fully saturated rings. The van der Waals surface area contributed by atoms with E-state index >= 15 is 0 Å². The predicted molar refractivity (Wildman–Crippen MR) is 76.5 cm³/mol. The van der Waals surface area contributed by atoms with Gasteiger partial charge in [-0.2, -0.15) is 5.26 Å². The number of aliphatic carboxylic acids is 1. The van der Waals surface area contributed by atoms with E-state index < -0.39 is 11.9 Å².